The first kappa shape index (κ1) is 22.4. The van der Waals surface area contributed by atoms with Crippen LogP contribution in [0.5, 0.6) is 11.5 Å². The summed E-state index contributed by atoms with van der Waals surface area (Å²) in [6.45, 7) is 4.19. The maximum absolute atomic E-state index is 12.7. The first-order valence-electron chi connectivity index (χ1n) is 10.4. The van der Waals surface area contributed by atoms with Gasteiger partial charge in [-0.25, -0.2) is 4.98 Å². The summed E-state index contributed by atoms with van der Waals surface area (Å²) < 4.78 is 24.0. The largest absolute Gasteiger partial charge is 0.494 e. The minimum atomic E-state index is -2.49. The van der Waals surface area contributed by atoms with Crippen LogP contribution in [0, 0.1) is 5.92 Å². The normalized spacial score (nSPS) is 13.5. The number of hydrogen-bond donors (Lipinski definition) is 2. The third-order valence-corrected chi connectivity index (χ3v) is 6.91. The molecule has 2 N–H and O–H groups in total. The van der Waals surface area contributed by atoms with Crippen molar-refractivity contribution in [3.05, 3.63) is 53.7 Å². The Hall–Kier alpha value is -2.76. The van der Waals surface area contributed by atoms with Crippen molar-refractivity contribution in [3.8, 4) is 11.5 Å². The fourth-order valence-corrected chi connectivity index (χ4v) is 4.47. The Morgan fingerprint density at radius 3 is 2.62 bits per heavy atom. The van der Waals surface area contributed by atoms with Gasteiger partial charge in [0.1, 0.15) is 23.7 Å². The van der Waals surface area contributed by atoms with Gasteiger partial charge in [0.05, 0.1) is 31.3 Å². The number of anilines is 4. The number of nitrogens with one attached hydrogen (secondary N) is 2. The molecule has 0 saturated heterocycles. The van der Waals surface area contributed by atoms with Gasteiger partial charge in [0.2, 0.25) is 5.95 Å². The van der Waals surface area contributed by atoms with Gasteiger partial charge in [0.15, 0.2) is 5.82 Å². The average Bonchev–Trinajstić information content (AvgIpc) is 3.59. The van der Waals surface area contributed by atoms with Gasteiger partial charge in [-0.3, -0.25) is 0 Å². The van der Waals surface area contributed by atoms with E-state index in [1.807, 2.05) is 42.5 Å². The number of nitrogens with zero attached hydrogens (tertiary/aromatic N) is 2. The molecule has 0 amide bonds. The highest BCUT2D eigenvalue weighted by atomic mass is 35.5. The van der Waals surface area contributed by atoms with Crippen molar-refractivity contribution in [3.63, 3.8) is 0 Å². The van der Waals surface area contributed by atoms with Crippen LogP contribution in [0.2, 0.25) is 5.02 Å². The Morgan fingerprint density at radius 1 is 1.12 bits per heavy atom. The topological polar surface area (TPSA) is 85.4 Å². The van der Waals surface area contributed by atoms with Crippen LogP contribution < -0.4 is 25.4 Å². The highest BCUT2D eigenvalue weighted by Gasteiger charge is 2.22. The highest BCUT2D eigenvalue weighted by Crippen LogP contribution is 2.39. The Balaban J connectivity index is 1.55. The number of rotatable bonds is 9. The van der Waals surface area contributed by atoms with E-state index in [0.29, 0.717) is 39.8 Å². The zero-order chi connectivity index (χ0) is 22.7. The molecule has 1 aliphatic carbocycles. The predicted molar refractivity (Wildman–Crippen MR) is 130 cm³/mol. The van der Waals surface area contributed by atoms with E-state index in [9.17, 15) is 4.57 Å². The van der Waals surface area contributed by atoms with Crippen LogP contribution in [0.1, 0.15) is 12.8 Å². The molecule has 1 aliphatic rings. The molecular formula is C23H26ClN4O3P. The number of halogens is 1. The molecule has 1 aromatic heterocycles. The van der Waals surface area contributed by atoms with E-state index in [2.05, 4.69) is 20.6 Å². The lowest BCUT2D eigenvalue weighted by atomic mass is 10.2. The summed E-state index contributed by atoms with van der Waals surface area (Å²) in [6, 6.07) is 13.0. The first-order valence-corrected chi connectivity index (χ1v) is 13.3. The molecule has 1 fully saturated rings. The van der Waals surface area contributed by atoms with Gasteiger partial charge in [-0.05, 0) is 56.4 Å². The smallest absolute Gasteiger partial charge is 0.229 e. The van der Waals surface area contributed by atoms with E-state index in [-0.39, 0.29) is 0 Å². The second kappa shape index (κ2) is 9.39. The number of aromatic nitrogens is 2. The Morgan fingerprint density at radius 2 is 1.91 bits per heavy atom. The van der Waals surface area contributed by atoms with Crippen molar-refractivity contribution in [1.82, 2.24) is 9.97 Å². The summed E-state index contributed by atoms with van der Waals surface area (Å²) >= 11 is 6.33. The fraction of sp³-hybridized carbons (Fsp3) is 0.304. The van der Waals surface area contributed by atoms with Gasteiger partial charge in [0, 0.05) is 11.4 Å². The van der Waals surface area contributed by atoms with Gasteiger partial charge in [-0.15, -0.1) is 0 Å². The van der Waals surface area contributed by atoms with Gasteiger partial charge in [-0.1, -0.05) is 23.7 Å². The summed E-state index contributed by atoms with van der Waals surface area (Å²) in [7, 11) is -0.888. The third-order valence-electron chi connectivity index (χ3n) is 5.08. The van der Waals surface area contributed by atoms with Crippen molar-refractivity contribution >= 4 is 47.2 Å². The molecule has 0 unspecified atom stereocenters. The van der Waals surface area contributed by atoms with Crippen LogP contribution in [0.4, 0.5) is 23.1 Å². The van der Waals surface area contributed by atoms with E-state index in [0.717, 1.165) is 17.7 Å². The monoisotopic (exact) mass is 472 g/mol. The number of ether oxygens (including phenoxy) is 2. The van der Waals surface area contributed by atoms with Crippen LogP contribution in [0.3, 0.4) is 0 Å². The number of para-hydroxylation sites is 1. The molecule has 1 saturated carbocycles. The molecule has 0 aliphatic heterocycles. The lowest BCUT2D eigenvalue weighted by molar-refractivity contribution is 0.297. The summed E-state index contributed by atoms with van der Waals surface area (Å²) in [5, 5.41) is 7.45. The summed E-state index contributed by atoms with van der Waals surface area (Å²) in [5.74, 6) is 2.81. The second-order valence-corrected chi connectivity index (χ2v) is 11.7. The molecular weight excluding hydrogens is 447 g/mol. The van der Waals surface area contributed by atoms with Crippen LogP contribution in [0.25, 0.3) is 0 Å². The molecule has 0 atom stereocenters. The standard InChI is InChI=1S/C23H26ClN4O3P/c1-30-20-12-16(31-14-15-8-9-15)10-11-18(20)27-23-25-13-17(24)22(28-23)26-19-6-4-5-7-21(19)32(2,3)29/h4-7,10-13,15H,8-9,14H2,1-3H3,(H2,25,26,27,28). The van der Waals surface area contributed by atoms with Crippen LogP contribution in [0.15, 0.2) is 48.7 Å². The Labute approximate surface area is 192 Å². The van der Waals surface area contributed by atoms with Gasteiger partial charge >= 0.3 is 0 Å². The van der Waals surface area contributed by atoms with Crippen LogP contribution in [-0.2, 0) is 4.57 Å². The Bertz CT molecular complexity index is 1160. The molecule has 32 heavy (non-hydrogen) atoms. The van der Waals surface area contributed by atoms with Crippen molar-refractivity contribution in [2.24, 2.45) is 5.92 Å². The molecule has 0 bridgehead atoms. The number of methoxy groups -OCH3 is 1. The molecule has 4 rings (SSSR count). The third kappa shape index (κ3) is 5.53. The quantitative estimate of drug-likeness (QED) is 0.388. The maximum atomic E-state index is 12.7. The van der Waals surface area contributed by atoms with E-state index in [1.165, 1.54) is 19.0 Å². The zero-order valence-corrected chi connectivity index (χ0v) is 19.9. The molecule has 7 nitrogen and oxygen atoms in total. The molecule has 168 valence electrons. The van der Waals surface area contributed by atoms with Gasteiger partial charge < -0.3 is 24.7 Å². The van der Waals surface area contributed by atoms with E-state index < -0.39 is 7.14 Å². The minimum Gasteiger partial charge on any atom is -0.494 e. The molecule has 2 aromatic carbocycles. The van der Waals surface area contributed by atoms with Crippen LogP contribution in [-0.4, -0.2) is 37.0 Å². The number of hydrogen-bond acceptors (Lipinski definition) is 7. The van der Waals surface area contributed by atoms with Crippen LogP contribution >= 0.6 is 18.7 Å². The van der Waals surface area contributed by atoms with Crippen molar-refractivity contribution < 1.29 is 14.0 Å². The minimum absolute atomic E-state index is 0.343. The van der Waals surface area contributed by atoms with Crippen molar-refractivity contribution in [2.75, 3.05) is 37.7 Å². The molecule has 0 radical (unpaired) electrons. The van der Waals surface area contributed by atoms with Gasteiger partial charge in [0.25, 0.3) is 0 Å². The van der Waals surface area contributed by atoms with E-state index in [1.54, 1.807) is 20.4 Å². The van der Waals surface area contributed by atoms with E-state index >= 15 is 0 Å². The van der Waals surface area contributed by atoms with Crippen molar-refractivity contribution in [2.45, 2.75) is 12.8 Å². The highest BCUT2D eigenvalue weighted by molar-refractivity contribution is 7.70. The molecule has 0 spiro atoms. The molecule has 3 aromatic rings. The second-order valence-electron chi connectivity index (χ2n) is 8.12. The summed E-state index contributed by atoms with van der Waals surface area (Å²) in [4.78, 5) is 8.79. The molecule has 9 heteroatoms. The number of benzene rings is 2. The summed E-state index contributed by atoms with van der Waals surface area (Å²) in [6.07, 6.45) is 3.98. The average molecular weight is 473 g/mol. The lowest BCUT2D eigenvalue weighted by Crippen LogP contribution is -2.11. The fourth-order valence-electron chi connectivity index (χ4n) is 3.18. The van der Waals surface area contributed by atoms with E-state index in [4.69, 9.17) is 21.1 Å². The Kier molecular flexibility index (Phi) is 6.58. The maximum Gasteiger partial charge on any atom is 0.229 e. The van der Waals surface area contributed by atoms with Gasteiger partial charge in [-0.2, -0.15) is 4.98 Å². The van der Waals surface area contributed by atoms with Crippen molar-refractivity contribution in [1.29, 1.82) is 0 Å². The predicted octanol–water partition coefficient (Wildman–Crippen LogP) is 5.66. The molecule has 1 heterocycles. The lowest BCUT2D eigenvalue weighted by Gasteiger charge is -2.16. The zero-order valence-electron chi connectivity index (χ0n) is 18.3. The SMILES string of the molecule is COc1cc(OCC2CC2)ccc1Nc1ncc(Cl)c(Nc2ccccc2P(C)(C)=O)n1. The first-order chi connectivity index (χ1) is 15.3. The summed E-state index contributed by atoms with van der Waals surface area (Å²) in [5.41, 5.74) is 1.40.